The second-order valence-electron chi connectivity index (χ2n) is 5.98. The minimum absolute atomic E-state index is 0.317. The topological polar surface area (TPSA) is 31.6 Å². The monoisotopic (exact) mass is 236 g/mol. The third-order valence-corrected chi connectivity index (χ3v) is 3.70. The van der Waals surface area contributed by atoms with Crippen molar-refractivity contribution < 1.29 is 13.7 Å². The maximum atomic E-state index is 5.93. The zero-order chi connectivity index (χ0) is 12.8. The molecule has 2 rings (SSSR count). The normalized spacial score (nSPS) is 22.4. The minimum atomic E-state index is -0.396. The SMILES string of the molecule is CC(C)c1ccc(B2OC(C)(C)C(C)(C)O2)o1. The maximum absolute atomic E-state index is 5.93. The molecular formula is C13H21BO3. The third kappa shape index (κ3) is 2.16. The first-order chi connectivity index (χ1) is 7.73. The second kappa shape index (κ2) is 3.89. The summed E-state index contributed by atoms with van der Waals surface area (Å²) in [6.45, 7) is 12.4. The zero-order valence-electron chi connectivity index (χ0n) is 11.5. The van der Waals surface area contributed by atoms with Gasteiger partial charge in [0.1, 0.15) is 11.4 Å². The lowest BCUT2D eigenvalue weighted by Gasteiger charge is -2.32. The van der Waals surface area contributed by atoms with E-state index in [0.717, 1.165) is 11.4 Å². The molecule has 1 aromatic heterocycles. The van der Waals surface area contributed by atoms with Crippen LogP contribution in [0.1, 0.15) is 53.2 Å². The molecule has 0 aromatic carbocycles. The molecule has 0 radical (unpaired) electrons. The van der Waals surface area contributed by atoms with Gasteiger partial charge < -0.3 is 13.7 Å². The highest BCUT2D eigenvalue weighted by molar-refractivity contribution is 6.60. The van der Waals surface area contributed by atoms with Crippen LogP contribution in [0.3, 0.4) is 0 Å². The quantitative estimate of drug-likeness (QED) is 0.740. The smallest absolute Gasteiger partial charge is 0.469 e. The fourth-order valence-electron chi connectivity index (χ4n) is 1.76. The summed E-state index contributed by atoms with van der Waals surface area (Å²) in [6.07, 6.45) is 0. The van der Waals surface area contributed by atoms with Gasteiger partial charge in [-0.25, -0.2) is 0 Å². The lowest BCUT2D eigenvalue weighted by Crippen LogP contribution is -2.41. The molecule has 3 nitrogen and oxygen atoms in total. The van der Waals surface area contributed by atoms with Gasteiger partial charge in [0.05, 0.1) is 11.2 Å². The average molecular weight is 236 g/mol. The van der Waals surface area contributed by atoms with Gasteiger partial charge in [0.15, 0.2) is 0 Å². The molecule has 17 heavy (non-hydrogen) atoms. The van der Waals surface area contributed by atoms with Gasteiger partial charge in [-0.15, -0.1) is 0 Å². The summed E-state index contributed by atoms with van der Waals surface area (Å²) in [5, 5.41) is 0. The fraction of sp³-hybridized carbons (Fsp3) is 0.692. The highest BCUT2D eigenvalue weighted by Crippen LogP contribution is 2.36. The number of rotatable bonds is 2. The summed E-state index contributed by atoms with van der Waals surface area (Å²) in [5.74, 6) is 1.35. The van der Waals surface area contributed by atoms with E-state index in [2.05, 4.69) is 13.8 Å². The molecule has 0 aliphatic carbocycles. The molecule has 0 atom stereocenters. The van der Waals surface area contributed by atoms with Crippen LogP contribution in [0.15, 0.2) is 16.5 Å². The minimum Gasteiger partial charge on any atom is -0.469 e. The predicted octanol–water partition coefficient (Wildman–Crippen LogP) is 2.70. The van der Waals surface area contributed by atoms with Crippen LogP contribution in [0.2, 0.25) is 0 Å². The van der Waals surface area contributed by atoms with E-state index >= 15 is 0 Å². The zero-order valence-corrected chi connectivity index (χ0v) is 11.5. The molecule has 1 aromatic rings. The van der Waals surface area contributed by atoms with E-state index in [9.17, 15) is 0 Å². The van der Waals surface area contributed by atoms with Crippen molar-refractivity contribution in [3.8, 4) is 0 Å². The number of hydrogen-bond acceptors (Lipinski definition) is 3. The molecule has 0 bridgehead atoms. The Labute approximate surface area is 104 Å². The van der Waals surface area contributed by atoms with E-state index in [0.29, 0.717) is 5.92 Å². The van der Waals surface area contributed by atoms with Crippen LogP contribution in [-0.4, -0.2) is 18.3 Å². The lowest BCUT2D eigenvalue weighted by molar-refractivity contribution is 0.00578. The first kappa shape index (κ1) is 12.7. The highest BCUT2D eigenvalue weighted by Gasteiger charge is 2.53. The van der Waals surface area contributed by atoms with Crippen LogP contribution in [0.25, 0.3) is 0 Å². The molecule has 0 amide bonds. The van der Waals surface area contributed by atoms with Gasteiger partial charge in [0.25, 0.3) is 0 Å². The Hall–Kier alpha value is -0.735. The van der Waals surface area contributed by atoms with E-state index in [1.165, 1.54) is 0 Å². The lowest BCUT2D eigenvalue weighted by atomic mass is 9.86. The van der Waals surface area contributed by atoms with Crippen molar-refractivity contribution in [3.63, 3.8) is 0 Å². The van der Waals surface area contributed by atoms with Gasteiger partial charge in [-0.3, -0.25) is 0 Å². The highest BCUT2D eigenvalue weighted by atomic mass is 16.7. The van der Waals surface area contributed by atoms with Gasteiger partial charge in [-0.2, -0.15) is 0 Å². The molecule has 1 saturated heterocycles. The second-order valence-corrected chi connectivity index (χ2v) is 5.98. The molecule has 1 aliphatic heterocycles. The Morgan fingerprint density at radius 3 is 1.94 bits per heavy atom. The Bertz CT molecular complexity index is 391. The van der Waals surface area contributed by atoms with Gasteiger partial charge in [-0.05, 0) is 39.8 Å². The summed E-state index contributed by atoms with van der Waals surface area (Å²) in [4.78, 5) is 0. The van der Waals surface area contributed by atoms with Crippen LogP contribution in [-0.2, 0) is 9.31 Å². The molecular weight excluding hydrogens is 215 g/mol. The summed E-state index contributed by atoms with van der Waals surface area (Å²) < 4.78 is 17.6. The Morgan fingerprint density at radius 1 is 1.00 bits per heavy atom. The van der Waals surface area contributed by atoms with E-state index in [-0.39, 0.29) is 11.2 Å². The van der Waals surface area contributed by atoms with Crippen molar-refractivity contribution >= 4 is 12.8 Å². The van der Waals surface area contributed by atoms with Crippen molar-refractivity contribution in [3.05, 3.63) is 17.9 Å². The van der Waals surface area contributed by atoms with Crippen molar-refractivity contribution in [1.29, 1.82) is 0 Å². The van der Waals surface area contributed by atoms with Gasteiger partial charge >= 0.3 is 7.12 Å². The first-order valence-corrected chi connectivity index (χ1v) is 6.18. The van der Waals surface area contributed by atoms with Crippen molar-refractivity contribution in [1.82, 2.24) is 0 Å². The van der Waals surface area contributed by atoms with E-state index in [1.54, 1.807) is 0 Å². The third-order valence-electron chi connectivity index (χ3n) is 3.70. The van der Waals surface area contributed by atoms with E-state index < -0.39 is 7.12 Å². The van der Waals surface area contributed by atoms with Crippen molar-refractivity contribution in [2.24, 2.45) is 0 Å². The molecule has 1 aliphatic rings. The molecule has 94 valence electrons. The molecule has 4 heteroatoms. The van der Waals surface area contributed by atoms with Crippen LogP contribution in [0, 0.1) is 0 Å². The Morgan fingerprint density at radius 2 is 1.53 bits per heavy atom. The van der Waals surface area contributed by atoms with Gasteiger partial charge in [0.2, 0.25) is 0 Å². The predicted molar refractivity (Wildman–Crippen MR) is 68.5 cm³/mol. The maximum Gasteiger partial charge on any atom is 0.532 e. The van der Waals surface area contributed by atoms with Gasteiger partial charge in [0, 0.05) is 5.92 Å². The molecule has 1 fully saturated rings. The number of hydrogen-bond donors (Lipinski definition) is 0. The first-order valence-electron chi connectivity index (χ1n) is 6.18. The number of furan rings is 1. The Kier molecular flexibility index (Phi) is 2.91. The van der Waals surface area contributed by atoms with E-state index in [1.807, 2.05) is 39.8 Å². The molecule has 0 N–H and O–H groups in total. The summed E-state index contributed by atoms with van der Waals surface area (Å²) in [7, 11) is -0.396. The van der Waals surface area contributed by atoms with Crippen LogP contribution in [0.4, 0.5) is 0 Å². The van der Waals surface area contributed by atoms with Crippen LogP contribution in [0.5, 0.6) is 0 Å². The van der Waals surface area contributed by atoms with Crippen molar-refractivity contribution in [2.45, 2.75) is 58.7 Å². The van der Waals surface area contributed by atoms with E-state index in [4.69, 9.17) is 13.7 Å². The fourth-order valence-corrected chi connectivity index (χ4v) is 1.76. The summed E-state index contributed by atoms with van der Waals surface area (Å²) in [5.41, 5.74) is 0.123. The largest absolute Gasteiger partial charge is 0.532 e. The molecule has 0 unspecified atom stereocenters. The van der Waals surface area contributed by atoms with Crippen LogP contribution < -0.4 is 5.66 Å². The average Bonchev–Trinajstić information content (AvgIpc) is 2.70. The van der Waals surface area contributed by atoms with Crippen LogP contribution >= 0.6 is 0 Å². The van der Waals surface area contributed by atoms with Crippen molar-refractivity contribution in [2.75, 3.05) is 0 Å². The van der Waals surface area contributed by atoms with Gasteiger partial charge in [-0.1, -0.05) is 13.8 Å². The summed E-state index contributed by atoms with van der Waals surface area (Å²) in [6, 6.07) is 3.93. The molecule has 2 heterocycles. The molecule has 0 saturated carbocycles. The molecule has 0 spiro atoms. The Balaban J connectivity index is 2.20. The summed E-state index contributed by atoms with van der Waals surface area (Å²) >= 11 is 0. The standard InChI is InChI=1S/C13H21BO3/c1-9(2)10-7-8-11(15-10)14-16-12(3,4)13(5,6)17-14/h7-9H,1-6H3.